The van der Waals surface area contributed by atoms with Gasteiger partial charge in [-0.05, 0) is 38.0 Å². The molecule has 1 unspecified atom stereocenters. The molecule has 1 amide bonds. The lowest BCUT2D eigenvalue weighted by molar-refractivity contribution is 0.0996. The van der Waals surface area contributed by atoms with E-state index in [1.807, 2.05) is 6.92 Å². The Balaban J connectivity index is 1.78. The lowest BCUT2D eigenvalue weighted by Crippen LogP contribution is -2.27. The Labute approximate surface area is 165 Å². The number of hydrogen-bond acceptors (Lipinski definition) is 6. The third-order valence-electron chi connectivity index (χ3n) is 5.12. The molecule has 9 nitrogen and oxygen atoms in total. The maximum absolute atomic E-state index is 14.2. The molecule has 29 heavy (non-hydrogen) atoms. The van der Waals surface area contributed by atoms with Gasteiger partial charge in [0.05, 0.1) is 24.4 Å². The Morgan fingerprint density at radius 2 is 2.24 bits per heavy atom. The Morgan fingerprint density at radius 3 is 2.90 bits per heavy atom. The number of rotatable bonds is 5. The summed E-state index contributed by atoms with van der Waals surface area (Å²) in [6.45, 7) is 5.14. The first-order valence-corrected chi connectivity index (χ1v) is 9.33. The highest BCUT2D eigenvalue weighted by atomic mass is 19.1. The minimum Gasteiger partial charge on any atom is -0.379 e. The van der Waals surface area contributed by atoms with Crippen LogP contribution < -0.4 is 16.7 Å². The van der Waals surface area contributed by atoms with E-state index in [1.54, 1.807) is 22.3 Å². The Hall–Kier alpha value is -3.27. The van der Waals surface area contributed by atoms with Gasteiger partial charge in [-0.15, -0.1) is 0 Å². The fraction of sp³-hybridized carbons (Fsp3) is 0.368. The van der Waals surface area contributed by atoms with Crippen LogP contribution in [0.5, 0.6) is 0 Å². The second-order valence-electron chi connectivity index (χ2n) is 6.95. The maximum Gasteiger partial charge on any atom is 0.330 e. The molecule has 0 radical (unpaired) electrons. The average Bonchev–Trinajstić information content (AvgIpc) is 3.29. The van der Waals surface area contributed by atoms with Crippen LogP contribution in [0.15, 0.2) is 23.1 Å². The first kappa shape index (κ1) is 19.1. The van der Waals surface area contributed by atoms with Crippen LogP contribution in [0.3, 0.4) is 0 Å². The van der Waals surface area contributed by atoms with E-state index < -0.39 is 11.7 Å². The second-order valence-corrected chi connectivity index (χ2v) is 6.95. The minimum atomic E-state index is -0.835. The van der Waals surface area contributed by atoms with Crippen molar-refractivity contribution >= 4 is 28.7 Å². The summed E-state index contributed by atoms with van der Waals surface area (Å²) in [5.74, 6) is -1.35. The van der Waals surface area contributed by atoms with E-state index in [0.29, 0.717) is 42.2 Å². The molecule has 3 heterocycles. The molecule has 1 aromatic carbocycles. The van der Waals surface area contributed by atoms with Crippen molar-refractivity contribution in [3.05, 3.63) is 45.8 Å². The highest BCUT2D eigenvalue weighted by molar-refractivity contribution is 5.94. The fourth-order valence-electron chi connectivity index (χ4n) is 3.60. The largest absolute Gasteiger partial charge is 0.379 e. The summed E-state index contributed by atoms with van der Waals surface area (Å²) in [5.41, 5.74) is 6.98. The number of benzene rings is 1. The quantitative estimate of drug-likeness (QED) is 0.675. The third kappa shape index (κ3) is 3.25. The molecule has 1 saturated heterocycles. The molecule has 1 fully saturated rings. The molecule has 0 aliphatic carbocycles. The summed E-state index contributed by atoms with van der Waals surface area (Å²) in [6, 6.07) is 2.46. The highest BCUT2D eigenvalue weighted by Crippen LogP contribution is 2.25. The van der Waals surface area contributed by atoms with Crippen LogP contribution in [0.4, 0.5) is 16.0 Å². The molecule has 152 valence electrons. The van der Waals surface area contributed by atoms with E-state index in [-0.39, 0.29) is 23.2 Å². The number of hydrogen-bond donors (Lipinski definition) is 2. The van der Waals surface area contributed by atoms with Crippen molar-refractivity contribution in [3.63, 3.8) is 0 Å². The number of anilines is 2. The molecule has 1 atom stereocenters. The molecule has 3 aromatic rings. The van der Waals surface area contributed by atoms with Gasteiger partial charge < -0.3 is 15.8 Å². The monoisotopic (exact) mass is 400 g/mol. The number of imidazole rings is 1. The molecular formula is C19H21FN6O3. The second kappa shape index (κ2) is 7.28. The smallest absolute Gasteiger partial charge is 0.330 e. The van der Waals surface area contributed by atoms with Crippen LogP contribution in [0.1, 0.15) is 35.3 Å². The number of aryl methyl sites for hydroxylation is 2. The van der Waals surface area contributed by atoms with E-state index in [4.69, 9.17) is 10.5 Å². The lowest BCUT2D eigenvalue weighted by Gasteiger charge is -2.12. The molecule has 4 rings (SSSR count). The Morgan fingerprint density at radius 1 is 1.45 bits per heavy atom. The van der Waals surface area contributed by atoms with Gasteiger partial charge in [0.15, 0.2) is 5.65 Å². The number of nitrogens with two attached hydrogens (primary N) is 1. The number of aromatic nitrogens is 4. The zero-order valence-corrected chi connectivity index (χ0v) is 16.1. The third-order valence-corrected chi connectivity index (χ3v) is 5.12. The number of primary amides is 1. The molecule has 0 saturated carbocycles. The van der Waals surface area contributed by atoms with E-state index in [9.17, 15) is 14.0 Å². The van der Waals surface area contributed by atoms with Crippen molar-refractivity contribution in [1.29, 1.82) is 0 Å². The Kier molecular flexibility index (Phi) is 4.79. The van der Waals surface area contributed by atoms with Crippen molar-refractivity contribution in [2.75, 3.05) is 18.5 Å². The van der Waals surface area contributed by atoms with Gasteiger partial charge in [0.25, 0.3) is 5.91 Å². The average molecular weight is 400 g/mol. The van der Waals surface area contributed by atoms with Gasteiger partial charge in [-0.1, -0.05) is 0 Å². The molecule has 1 aliphatic rings. The number of carbonyl (C=O) groups excluding carboxylic acids is 1. The van der Waals surface area contributed by atoms with Gasteiger partial charge in [0, 0.05) is 18.8 Å². The van der Waals surface area contributed by atoms with Crippen molar-refractivity contribution < 1.29 is 13.9 Å². The molecule has 0 spiro atoms. The maximum atomic E-state index is 14.2. The van der Waals surface area contributed by atoms with Crippen LogP contribution >= 0.6 is 0 Å². The van der Waals surface area contributed by atoms with E-state index in [0.717, 1.165) is 6.42 Å². The molecule has 3 N–H and O–H groups in total. The predicted molar refractivity (Wildman–Crippen MR) is 105 cm³/mol. The minimum absolute atomic E-state index is 0.0884. The zero-order valence-electron chi connectivity index (χ0n) is 16.1. The van der Waals surface area contributed by atoms with Gasteiger partial charge in [-0.3, -0.25) is 13.9 Å². The summed E-state index contributed by atoms with van der Waals surface area (Å²) in [6.07, 6.45) is 2.31. The summed E-state index contributed by atoms with van der Waals surface area (Å²) in [5, 5.41) is 2.97. The molecule has 2 aromatic heterocycles. The normalized spacial score (nSPS) is 16.4. The zero-order chi connectivity index (χ0) is 20.7. The van der Waals surface area contributed by atoms with E-state index in [1.165, 1.54) is 12.1 Å². The lowest BCUT2D eigenvalue weighted by atomic mass is 10.1. The van der Waals surface area contributed by atoms with Crippen molar-refractivity contribution in [2.45, 2.75) is 32.9 Å². The summed E-state index contributed by atoms with van der Waals surface area (Å²) in [4.78, 5) is 33.0. The van der Waals surface area contributed by atoms with Gasteiger partial charge in [-0.25, -0.2) is 14.2 Å². The molecule has 1 aliphatic heterocycles. The van der Waals surface area contributed by atoms with Crippen LogP contribution in [0.25, 0.3) is 11.2 Å². The van der Waals surface area contributed by atoms with Gasteiger partial charge in [0.1, 0.15) is 11.3 Å². The molecule has 10 heteroatoms. The summed E-state index contributed by atoms with van der Waals surface area (Å²) in [7, 11) is 0. The van der Waals surface area contributed by atoms with Crippen LogP contribution in [-0.2, 0) is 11.3 Å². The predicted octanol–water partition coefficient (Wildman–Crippen LogP) is 1.86. The van der Waals surface area contributed by atoms with Gasteiger partial charge >= 0.3 is 5.69 Å². The number of amides is 1. The standard InChI is InChI=1S/C19H21FN6O3/c1-3-25-15-8-22-18(23-14-7-13(20)12(16(21)27)6-10(14)2)24-17(15)26(19(25)28)11-4-5-29-9-11/h6-8,11H,3-5,9H2,1-2H3,(H2,21,27)(H,22,23,24). The number of nitrogens with one attached hydrogen (secondary N) is 1. The van der Waals surface area contributed by atoms with Crippen LogP contribution in [-0.4, -0.2) is 38.2 Å². The fourth-order valence-corrected chi connectivity index (χ4v) is 3.60. The SMILES string of the molecule is CCn1c(=O)n(C2CCOC2)c2nc(Nc3cc(F)c(C(N)=O)cc3C)ncc21. The Bertz CT molecular complexity index is 1160. The number of nitrogens with zero attached hydrogens (tertiary/aromatic N) is 4. The van der Waals surface area contributed by atoms with Crippen LogP contribution in [0, 0.1) is 12.7 Å². The van der Waals surface area contributed by atoms with Crippen molar-refractivity contribution in [3.8, 4) is 0 Å². The topological polar surface area (TPSA) is 117 Å². The number of carbonyl (C=O) groups is 1. The number of ether oxygens (including phenoxy) is 1. The summed E-state index contributed by atoms with van der Waals surface area (Å²) >= 11 is 0. The van der Waals surface area contributed by atoms with E-state index in [2.05, 4.69) is 15.3 Å². The van der Waals surface area contributed by atoms with Crippen LogP contribution in [0.2, 0.25) is 0 Å². The number of fused-ring (bicyclic) bond motifs is 1. The first-order valence-electron chi connectivity index (χ1n) is 9.33. The molecular weight excluding hydrogens is 379 g/mol. The highest BCUT2D eigenvalue weighted by Gasteiger charge is 2.25. The van der Waals surface area contributed by atoms with Crippen molar-refractivity contribution in [1.82, 2.24) is 19.1 Å². The molecule has 0 bridgehead atoms. The van der Waals surface area contributed by atoms with Gasteiger partial charge in [-0.2, -0.15) is 4.98 Å². The summed E-state index contributed by atoms with van der Waals surface area (Å²) < 4.78 is 22.9. The number of halogens is 1. The van der Waals surface area contributed by atoms with Gasteiger partial charge in [0.2, 0.25) is 5.95 Å². The van der Waals surface area contributed by atoms with Crippen molar-refractivity contribution in [2.24, 2.45) is 5.73 Å². The first-order chi connectivity index (χ1) is 13.9. The van der Waals surface area contributed by atoms with E-state index >= 15 is 0 Å².